The average Bonchev–Trinajstić information content (AvgIpc) is 3.38. The number of aliphatic hydroxyl groups is 1. The molecule has 0 spiro atoms. The highest BCUT2D eigenvalue weighted by Crippen LogP contribution is 2.44. The first-order valence-electron chi connectivity index (χ1n) is 11.1. The Kier molecular flexibility index (Phi) is 7.47. The fourth-order valence-corrected chi connectivity index (χ4v) is 5.29. The molecule has 0 unspecified atom stereocenters. The zero-order valence-corrected chi connectivity index (χ0v) is 21.9. The number of anilines is 1. The number of esters is 1. The number of halogens is 1. The van der Waals surface area contributed by atoms with E-state index in [1.165, 1.54) is 12.0 Å². The van der Waals surface area contributed by atoms with Crippen LogP contribution in [0.15, 0.2) is 60.7 Å². The zero-order chi connectivity index (χ0) is 26.9. The highest BCUT2D eigenvalue weighted by Gasteiger charge is 2.48. The normalized spacial score (nSPS) is 16.6. The molecule has 1 atom stereocenters. The van der Waals surface area contributed by atoms with Crippen molar-refractivity contribution in [3.63, 3.8) is 0 Å². The second kappa shape index (κ2) is 10.6. The molecule has 2 aromatic carbocycles. The van der Waals surface area contributed by atoms with Crippen LogP contribution in [0.5, 0.6) is 5.75 Å². The molecule has 2 heterocycles. The highest BCUT2D eigenvalue weighted by molar-refractivity contribution is 7.17. The molecule has 37 heavy (non-hydrogen) atoms. The number of carbonyl (C=O) groups excluding carboxylic acids is 3. The van der Waals surface area contributed by atoms with E-state index in [0.29, 0.717) is 39.8 Å². The molecule has 1 amide bonds. The van der Waals surface area contributed by atoms with Crippen molar-refractivity contribution in [2.24, 2.45) is 0 Å². The van der Waals surface area contributed by atoms with Gasteiger partial charge in [0.1, 0.15) is 23.0 Å². The molecule has 1 saturated heterocycles. The van der Waals surface area contributed by atoms with Crippen LogP contribution in [0.2, 0.25) is 5.02 Å². The maximum absolute atomic E-state index is 13.4. The van der Waals surface area contributed by atoms with Gasteiger partial charge in [-0.15, -0.1) is 0 Å². The Morgan fingerprint density at radius 3 is 2.65 bits per heavy atom. The maximum Gasteiger partial charge on any atom is 0.350 e. The topological polar surface area (TPSA) is 106 Å². The summed E-state index contributed by atoms with van der Waals surface area (Å²) in [5.41, 5.74) is 1.71. The van der Waals surface area contributed by atoms with Crippen LogP contribution in [0.3, 0.4) is 0 Å². The summed E-state index contributed by atoms with van der Waals surface area (Å²) < 4.78 is 10.4. The minimum Gasteiger partial charge on any atom is -0.507 e. The van der Waals surface area contributed by atoms with E-state index in [1.807, 2.05) is 0 Å². The van der Waals surface area contributed by atoms with Gasteiger partial charge in [-0.2, -0.15) is 0 Å². The van der Waals surface area contributed by atoms with E-state index >= 15 is 0 Å². The van der Waals surface area contributed by atoms with E-state index in [-0.39, 0.29) is 21.3 Å². The SMILES string of the molecule is C=CCOc1ccc(C(O)=C2C(=O)C(=O)N(c3nc(C)c(C(=O)OC)s3)[C@@H]2c2cccc(Cl)c2)c(C)c1. The molecular formula is C27H23ClN2O6S. The number of aryl methyl sites for hydroxylation is 2. The Bertz CT molecular complexity index is 1460. The van der Waals surface area contributed by atoms with Crippen molar-refractivity contribution in [1.82, 2.24) is 4.98 Å². The number of thiazole rings is 1. The summed E-state index contributed by atoms with van der Waals surface area (Å²) >= 11 is 7.17. The Hall–Kier alpha value is -3.95. The van der Waals surface area contributed by atoms with Gasteiger partial charge in [-0.3, -0.25) is 14.5 Å². The molecule has 1 aliphatic heterocycles. The van der Waals surface area contributed by atoms with Crippen molar-refractivity contribution >= 4 is 51.5 Å². The molecule has 4 rings (SSSR count). The van der Waals surface area contributed by atoms with Crippen LogP contribution in [-0.4, -0.2) is 41.5 Å². The van der Waals surface area contributed by atoms with E-state index < -0.39 is 23.7 Å². The number of aromatic nitrogens is 1. The van der Waals surface area contributed by atoms with E-state index in [9.17, 15) is 19.5 Å². The van der Waals surface area contributed by atoms with Gasteiger partial charge in [0.25, 0.3) is 5.78 Å². The van der Waals surface area contributed by atoms with Crippen LogP contribution in [0.25, 0.3) is 5.76 Å². The monoisotopic (exact) mass is 538 g/mol. The first-order valence-corrected chi connectivity index (χ1v) is 12.3. The van der Waals surface area contributed by atoms with Crippen LogP contribution >= 0.6 is 22.9 Å². The van der Waals surface area contributed by atoms with Gasteiger partial charge in [0.05, 0.1) is 24.4 Å². The van der Waals surface area contributed by atoms with E-state index in [1.54, 1.807) is 62.4 Å². The van der Waals surface area contributed by atoms with Crippen LogP contribution in [0.4, 0.5) is 5.13 Å². The van der Waals surface area contributed by atoms with Crippen molar-refractivity contribution in [3.05, 3.63) is 93.0 Å². The number of ketones is 1. The summed E-state index contributed by atoms with van der Waals surface area (Å²) in [5.74, 6) is -2.16. The maximum atomic E-state index is 13.4. The lowest BCUT2D eigenvalue weighted by Gasteiger charge is -2.23. The molecule has 1 aromatic heterocycles. The minimum atomic E-state index is -1.04. The number of amides is 1. The standard InChI is InChI=1S/C27H23ClN2O6S/c1-5-11-36-18-9-10-19(14(2)12-18)22(31)20-21(16-7-6-8-17(28)13-16)30(25(33)23(20)32)27-29-15(3)24(37-27)26(34)35-4/h5-10,12-13,21,31H,1,11H2,2-4H3/t21-/m1/s1. The van der Waals surface area contributed by atoms with Crippen molar-refractivity contribution < 1.29 is 29.0 Å². The summed E-state index contributed by atoms with van der Waals surface area (Å²) in [6.45, 7) is 7.30. The molecule has 0 radical (unpaired) electrons. The lowest BCUT2D eigenvalue weighted by Crippen LogP contribution is -2.29. The zero-order valence-electron chi connectivity index (χ0n) is 20.3. The van der Waals surface area contributed by atoms with Gasteiger partial charge in [-0.25, -0.2) is 9.78 Å². The molecule has 190 valence electrons. The summed E-state index contributed by atoms with van der Waals surface area (Å²) in [7, 11) is 1.25. The number of nitrogens with zero attached hydrogens (tertiary/aromatic N) is 2. The summed E-state index contributed by atoms with van der Waals surface area (Å²) in [4.78, 5) is 44.7. The molecule has 1 aliphatic rings. The number of carbonyl (C=O) groups is 3. The van der Waals surface area contributed by atoms with E-state index in [4.69, 9.17) is 21.1 Å². The number of methoxy groups -OCH3 is 1. The van der Waals surface area contributed by atoms with Gasteiger partial charge < -0.3 is 14.6 Å². The van der Waals surface area contributed by atoms with Crippen LogP contribution in [0.1, 0.15) is 38.1 Å². The third-order valence-corrected chi connectivity index (χ3v) is 7.16. The quantitative estimate of drug-likeness (QED) is 0.141. The minimum absolute atomic E-state index is 0.119. The Morgan fingerprint density at radius 1 is 1.24 bits per heavy atom. The molecule has 0 aliphatic carbocycles. The summed E-state index contributed by atoms with van der Waals surface area (Å²) in [6, 6.07) is 10.6. The van der Waals surface area contributed by atoms with E-state index in [0.717, 1.165) is 11.3 Å². The van der Waals surface area contributed by atoms with Gasteiger partial charge in [0.15, 0.2) is 5.13 Å². The molecule has 1 N–H and O–H groups in total. The number of benzene rings is 2. The summed E-state index contributed by atoms with van der Waals surface area (Å²) in [5, 5.41) is 11.9. The first kappa shape index (κ1) is 26.1. The van der Waals surface area contributed by atoms with Crippen LogP contribution in [-0.2, 0) is 14.3 Å². The smallest absolute Gasteiger partial charge is 0.350 e. The number of hydrogen-bond acceptors (Lipinski definition) is 8. The van der Waals surface area contributed by atoms with Crippen molar-refractivity contribution in [2.45, 2.75) is 19.9 Å². The lowest BCUT2D eigenvalue weighted by atomic mass is 9.94. The van der Waals surface area contributed by atoms with Gasteiger partial charge in [0.2, 0.25) is 0 Å². The van der Waals surface area contributed by atoms with E-state index in [2.05, 4.69) is 11.6 Å². The second-order valence-electron chi connectivity index (χ2n) is 8.20. The number of Topliss-reactive ketones (excluding diaryl/α,β-unsaturated/α-hetero) is 1. The van der Waals surface area contributed by atoms with Crippen molar-refractivity contribution in [3.8, 4) is 5.75 Å². The van der Waals surface area contributed by atoms with Crippen molar-refractivity contribution in [1.29, 1.82) is 0 Å². The van der Waals surface area contributed by atoms with Crippen LogP contribution < -0.4 is 9.64 Å². The second-order valence-corrected chi connectivity index (χ2v) is 9.62. The number of aliphatic hydroxyl groups excluding tert-OH is 1. The van der Waals surface area contributed by atoms with Gasteiger partial charge in [-0.05, 0) is 55.3 Å². The van der Waals surface area contributed by atoms with Gasteiger partial charge in [0, 0.05) is 10.6 Å². The number of hydrogen-bond donors (Lipinski definition) is 1. The number of rotatable bonds is 7. The predicted molar refractivity (Wildman–Crippen MR) is 141 cm³/mol. The molecule has 10 heteroatoms. The molecule has 3 aromatic rings. The fraction of sp³-hybridized carbons (Fsp3) is 0.185. The van der Waals surface area contributed by atoms with Gasteiger partial charge >= 0.3 is 11.9 Å². The molecule has 0 saturated carbocycles. The Balaban J connectivity index is 1.91. The van der Waals surface area contributed by atoms with Crippen molar-refractivity contribution in [2.75, 3.05) is 18.6 Å². The average molecular weight is 539 g/mol. The van der Waals surface area contributed by atoms with Gasteiger partial charge in [-0.1, -0.05) is 47.7 Å². The third-order valence-electron chi connectivity index (χ3n) is 5.79. The molecule has 0 bridgehead atoms. The highest BCUT2D eigenvalue weighted by atomic mass is 35.5. The number of ether oxygens (including phenoxy) is 2. The molecule has 8 nitrogen and oxygen atoms in total. The Labute approximate surface area is 222 Å². The molecular weight excluding hydrogens is 516 g/mol. The fourth-order valence-electron chi connectivity index (χ4n) is 4.08. The van der Waals surface area contributed by atoms with Crippen LogP contribution in [0, 0.1) is 13.8 Å². The Morgan fingerprint density at radius 2 is 2.00 bits per heavy atom. The first-order chi connectivity index (χ1) is 17.7. The lowest BCUT2D eigenvalue weighted by molar-refractivity contribution is -0.132. The summed E-state index contributed by atoms with van der Waals surface area (Å²) in [6.07, 6.45) is 1.61. The largest absolute Gasteiger partial charge is 0.507 e. The molecule has 1 fully saturated rings. The third kappa shape index (κ3) is 4.87. The predicted octanol–water partition coefficient (Wildman–Crippen LogP) is 5.39.